The summed E-state index contributed by atoms with van der Waals surface area (Å²) in [5, 5.41) is 5.84. The van der Waals surface area contributed by atoms with Crippen LogP contribution in [0.3, 0.4) is 0 Å². The minimum Gasteiger partial charge on any atom is -0.368 e. The van der Waals surface area contributed by atoms with E-state index in [-0.39, 0.29) is 12.1 Å². The van der Waals surface area contributed by atoms with Gasteiger partial charge in [-0.3, -0.25) is 14.9 Å². The predicted octanol–water partition coefficient (Wildman–Crippen LogP) is 0.596. The molecule has 1 aliphatic rings. The van der Waals surface area contributed by atoms with Crippen LogP contribution in [-0.2, 0) is 9.59 Å². The Bertz CT molecular complexity index is 465. The van der Waals surface area contributed by atoms with E-state index in [0.29, 0.717) is 25.0 Å². The van der Waals surface area contributed by atoms with Gasteiger partial charge in [0.1, 0.15) is 6.04 Å². The smallest absolute Gasteiger partial charge is 0.240 e. The van der Waals surface area contributed by atoms with Gasteiger partial charge in [-0.25, -0.2) is 0 Å². The molecule has 0 aromatic rings. The number of allylic oxidation sites excluding steroid dienone is 3. The minimum absolute atomic E-state index is 0.259. The molecule has 3 unspecified atom stereocenters. The Morgan fingerprint density at radius 3 is 2.61 bits per heavy atom. The molecule has 1 aliphatic carbocycles. The number of nitrogens with one attached hydrogen (secondary N) is 2. The molecule has 0 heterocycles. The summed E-state index contributed by atoms with van der Waals surface area (Å²) in [4.78, 5) is 23.8. The second-order valence-electron chi connectivity index (χ2n) is 5.75. The van der Waals surface area contributed by atoms with E-state index in [0.717, 1.165) is 12.8 Å². The number of hydrogen-bond acceptors (Lipinski definition) is 5. The molecule has 23 heavy (non-hydrogen) atoms. The van der Waals surface area contributed by atoms with Crippen molar-refractivity contribution in [2.45, 2.75) is 57.3 Å². The first-order valence-corrected chi connectivity index (χ1v) is 8.67. The van der Waals surface area contributed by atoms with E-state index in [2.05, 4.69) is 29.3 Å². The number of rotatable bonds is 11. The number of nitrogens with two attached hydrogens (primary N) is 2. The molecule has 0 radical (unpaired) electrons. The summed E-state index contributed by atoms with van der Waals surface area (Å²) in [6, 6.07) is -1.13. The van der Waals surface area contributed by atoms with Gasteiger partial charge < -0.3 is 16.8 Å². The third-order valence-corrected chi connectivity index (χ3v) is 3.98. The zero-order valence-electron chi connectivity index (χ0n) is 13.6. The van der Waals surface area contributed by atoms with Crippen LogP contribution in [0, 0.1) is 0 Å². The lowest BCUT2D eigenvalue weighted by atomic mass is 10.1. The number of primary amides is 1. The average molecular weight is 340 g/mol. The number of amides is 2. The van der Waals surface area contributed by atoms with Crippen molar-refractivity contribution in [1.82, 2.24) is 10.6 Å². The Morgan fingerprint density at radius 2 is 2.09 bits per heavy atom. The van der Waals surface area contributed by atoms with Crippen LogP contribution in [0.1, 0.15) is 39.0 Å². The lowest BCUT2D eigenvalue weighted by molar-refractivity contribution is -0.129. The van der Waals surface area contributed by atoms with Gasteiger partial charge in [-0.15, -0.1) is 0 Å². The van der Waals surface area contributed by atoms with E-state index in [1.807, 2.05) is 19.1 Å². The molecule has 1 rings (SSSR count). The molecular formula is C16H28N4O2S. The maximum atomic E-state index is 12.4. The molecule has 6 nitrogen and oxygen atoms in total. The van der Waals surface area contributed by atoms with Crippen molar-refractivity contribution in [3.05, 3.63) is 23.8 Å². The Hall–Kier alpha value is -1.31. The van der Waals surface area contributed by atoms with E-state index in [4.69, 9.17) is 11.5 Å². The van der Waals surface area contributed by atoms with Crippen LogP contribution in [0.4, 0.5) is 0 Å². The number of hydrogen-bond donors (Lipinski definition) is 5. The van der Waals surface area contributed by atoms with Gasteiger partial charge in [0.15, 0.2) is 0 Å². The first-order chi connectivity index (χ1) is 11.0. The Balaban J connectivity index is 2.57. The van der Waals surface area contributed by atoms with Crippen molar-refractivity contribution in [3.8, 4) is 0 Å². The lowest BCUT2D eigenvalue weighted by Crippen LogP contribution is -2.55. The molecule has 3 atom stereocenters. The molecule has 6 N–H and O–H groups in total. The molecule has 0 bridgehead atoms. The van der Waals surface area contributed by atoms with Crippen molar-refractivity contribution in [1.29, 1.82) is 0 Å². The lowest BCUT2D eigenvalue weighted by Gasteiger charge is -2.24. The zero-order chi connectivity index (χ0) is 17.2. The predicted molar refractivity (Wildman–Crippen MR) is 95.9 cm³/mol. The fraction of sp³-hybridized carbons (Fsp3) is 0.625. The zero-order valence-corrected chi connectivity index (χ0v) is 14.5. The van der Waals surface area contributed by atoms with Crippen LogP contribution in [0.5, 0.6) is 0 Å². The van der Waals surface area contributed by atoms with Gasteiger partial charge in [-0.05, 0) is 31.4 Å². The first-order valence-electron chi connectivity index (χ1n) is 8.04. The van der Waals surface area contributed by atoms with Gasteiger partial charge in [0.25, 0.3) is 0 Å². The second-order valence-corrected chi connectivity index (χ2v) is 6.20. The van der Waals surface area contributed by atoms with E-state index >= 15 is 0 Å². The Morgan fingerprint density at radius 1 is 1.35 bits per heavy atom. The summed E-state index contributed by atoms with van der Waals surface area (Å²) in [5.41, 5.74) is 12.7. The highest BCUT2D eigenvalue weighted by Gasteiger charge is 2.24. The highest BCUT2D eigenvalue weighted by atomic mass is 32.1. The van der Waals surface area contributed by atoms with Gasteiger partial charge in [-0.1, -0.05) is 37.1 Å². The molecule has 2 amide bonds. The molecular weight excluding hydrogens is 312 g/mol. The molecule has 0 saturated carbocycles. The molecule has 7 heteroatoms. The monoisotopic (exact) mass is 340 g/mol. The quantitative estimate of drug-likeness (QED) is 0.280. The second kappa shape index (κ2) is 10.5. The van der Waals surface area contributed by atoms with Crippen LogP contribution in [-0.4, -0.2) is 35.8 Å². The standard InChI is InChI=1S/C16H28N4O2S/c1-2-5-12(15(18)21)20-16(22)13(8-9-23)19-14(17)10-11-6-3-4-7-11/h3-4,6,12-14,19,23H,2,5,7-10,17H2,1H3,(H2,18,21)(H,20,22). The molecule has 0 aliphatic heterocycles. The first kappa shape index (κ1) is 19.7. The fourth-order valence-electron chi connectivity index (χ4n) is 2.51. The van der Waals surface area contributed by atoms with Crippen molar-refractivity contribution < 1.29 is 9.59 Å². The van der Waals surface area contributed by atoms with Gasteiger partial charge in [-0.2, -0.15) is 12.6 Å². The van der Waals surface area contributed by atoms with Crippen LogP contribution in [0.15, 0.2) is 23.8 Å². The van der Waals surface area contributed by atoms with Crippen LogP contribution < -0.4 is 22.1 Å². The number of carbonyl (C=O) groups excluding carboxylic acids is 2. The van der Waals surface area contributed by atoms with Gasteiger partial charge in [0.2, 0.25) is 11.8 Å². The van der Waals surface area contributed by atoms with Gasteiger partial charge >= 0.3 is 0 Å². The molecule has 0 spiro atoms. The maximum Gasteiger partial charge on any atom is 0.240 e. The number of carbonyl (C=O) groups is 2. The highest BCUT2D eigenvalue weighted by Crippen LogP contribution is 2.15. The van der Waals surface area contributed by atoms with E-state index < -0.39 is 18.0 Å². The molecule has 0 aromatic heterocycles. The normalized spacial score (nSPS) is 17.4. The summed E-state index contributed by atoms with van der Waals surface area (Å²) in [5.74, 6) is -0.238. The highest BCUT2D eigenvalue weighted by molar-refractivity contribution is 7.80. The van der Waals surface area contributed by atoms with Crippen molar-refractivity contribution in [3.63, 3.8) is 0 Å². The molecule has 0 saturated heterocycles. The largest absolute Gasteiger partial charge is 0.368 e. The molecule has 0 fully saturated rings. The SMILES string of the molecule is CCCC(NC(=O)C(CCS)NC(N)CC1=CC=CC1)C(N)=O. The third-order valence-electron chi connectivity index (χ3n) is 3.72. The summed E-state index contributed by atoms with van der Waals surface area (Å²) in [6.45, 7) is 1.94. The van der Waals surface area contributed by atoms with Crippen molar-refractivity contribution in [2.24, 2.45) is 11.5 Å². The third kappa shape index (κ3) is 7.20. The molecule has 0 aromatic carbocycles. The van der Waals surface area contributed by atoms with E-state index in [1.54, 1.807) is 0 Å². The summed E-state index contributed by atoms with van der Waals surface area (Å²) in [7, 11) is 0. The topological polar surface area (TPSA) is 110 Å². The molecule has 130 valence electrons. The van der Waals surface area contributed by atoms with Crippen LogP contribution >= 0.6 is 12.6 Å². The summed E-state index contributed by atoms with van der Waals surface area (Å²) in [6.07, 6.45) is 9.19. The summed E-state index contributed by atoms with van der Waals surface area (Å²) < 4.78 is 0. The number of thiol groups is 1. The fourth-order valence-corrected chi connectivity index (χ4v) is 2.77. The van der Waals surface area contributed by atoms with Crippen LogP contribution in [0.2, 0.25) is 0 Å². The van der Waals surface area contributed by atoms with Gasteiger partial charge in [0.05, 0.1) is 12.2 Å². The van der Waals surface area contributed by atoms with Crippen molar-refractivity contribution >= 4 is 24.4 Å². The average Bonchev–Trinajstić information content (AvgIpc) is 2.98. The van der Waals surface area contributed by atoms with Crippen LogP contribution in [0.25, 0.3) is 0 Å². The van der Waals surface area contributed by atoms with E-state index in [9.17, 15) is 9.59 Å². The van der Waals surface area contributed by atoms with Gasteiger partial charge in [0, 0.05) is 0 Å². The van der Waals surface area contributed by atoms with E-state index in [1.165, 1.54) is 5.57 Å². The Kier molecular flexibility index (Phi) is 8.98. The minimum atomic E-state index is -0.644. The maximum absolute atomic E-state index is 12.4. The van der Waals surface area contributed by atoms with Crippen molar-refractivity contribution in [2.75, 3.05) is 5.75 Å². The summed E-state index contributed by atoms with van der Waals surface area (Å²) >= 11 is 4.19. The Labute approximate surface area is 143 Å².